The summed E-state index contributed by atoms with van der Waals surface area (Å²) in [4.78, 5) is 4.79. The Bertz CT molecular complexity index is 1190. The van der Waals surface area contributed by atoms with Gasteiger partial charge in [-0.15, -0.1) is 9.36 Å². The average Bonchev–Trinajstić information content (AvgIpc) is 2.88. The van der Waals surface area contributed by atoms with Crippen molar-refractivity contribution < 1.29 is 9.42 Å². The van der Waals surface area contributed by atoms with E-state index in [4.69, 9.17) is 109 Å². The predicted molar refractivity (Wildman–Crippen MR) is 145 cm³/mol. The molecule has 0 fully saturated rings. The molecular formula is C18H14Cl10N3OSb. The van der Waals surface area contributed by atoms with Crippen molar-refractivity contribution in [2.24, 2.45) is 0 Å². The quantitative estimate of drug-likeness (QED) is 0.193. The Hall–Kier alpha value is 1.10. The maximum absolute atomic E-state index is 6.51. The van der Waals surface area contributed by atoms with Gasteiger partial charge in [-0.2, -0.15) is 0 Å². The maximum atomic E-state index is 6.51. The molecule has 1 aliphatic rings. The molecule has 0 amide bonds. The standard InChI is InChI=1S/C18H14Cl4N3O.6ClH.Sb/c1-2-16-23-17-5-6-26-15-4-3-10(19)9-14(15)24(17)25(16)18-12(21)7-11(20)8-13(18)22;;;;;;;/h3-4,7-9H,2,5-6H2,1H3;6*1H;/q+1;;;;;;;+5/p-6. The van der Waals surface area contributed by atoms with Crippen molar-refractivity contribution in [2.45, 2.75) is 19.8 Å². The summed E-state index contributed by atoms with van der Waals surface area (Å²) in [5, 5.41) is 1.97. The van der Waals surface area contributed by atoms with Crippen LogP contribution in [0.1, 0.15) is 18.6 Å². The number of hydrogen-bond donors (Lipinski definition) is 0. The van der Waals surface area contributed by atoms with Crippen LogP contribution in [0.4, 0.5) is 0 Å². The van der Waals surface area contributed by atoms with Crippen LogP contribution in [0.25, 0.3) is 11.4 Å². The minimum absolute atomic E-state index is 0.443. The molecule has 4 rings (SSSR count). The van der Waals surface area contributed by atoms with Crippen molar-refractivity contribution in [1.82, 2.24) is 9.67 Å². The van der Waals surface area contributed by atoms with Gasteiger partial charge in [0.15, 0.2) is 5.69 Å². The van der Waals surface area contributed by atoms with Crippen molar-refractivity contribution in [1.29, 1.82) is 0 Å². The van der Waals surface area contributed by atoms with E-state index in [0.29, 0.717) is 45.2 Å². The first-order valence-electron chi connectivity index (χ1n) is 9.11. The number of rotatable bonds is 2. The summed E-state index contributed by atoms with van der Waals surface area (Å²) in [6.45, 7) is 2.56. The van der Waals surface area contributed by atoms with E-state index in [9.17, 15) is 0 Å². The van der Waals surface area contributed by atoms with Crippen LogP contribution in [-0.2, 0) is 12.8 Å². The van der Waals surface area contributed by atoms with E-state index in [1.807, 2.05) is 28.4 Å². The van der Waals surface area contributed by atoms with E-state index in [2.05, 4.69) is 0 Å². The molecule has 1 aromatic heterocycles. The molecule has 0 unspecified atom stereocenters. The van der Waals surface area contributed by atoms with Gasteiger partial charge in [0.25, 0.3) is 5.82 Å². The van der Waals surface area contributed by atoms with Crippen LogP contribution in [0.5, 0.6) is 5.75 Å². The fourth-order valence-electron chi connectivity index (χ4n) is 3.11. The second-order valence-corrected chi connectivity index (χ2v) is 65.4. The number of halogens is 10. The molecule has 0 saturated heterocycles. The van der Waals surface area contributed by atoms with Crippen molar-refractivity contribution in [3.05, 3.63) is 62.1 Å². The summed E-state index contributed by atoms with van der Waals surface area (Å²) in [6.07, 6.45) is 1.35. The summed E-state index contributed by atoms with van der Waals surface area (Å²) in [7, 11) is 25.0. The van der Waals surface area contributed by atoms with E-state index >= 15 is 0 Å². The summed E-state index contributed by atoms with van der Waals surface area (Å²) >= 11 is 25.4. The molecule has 0 aliphatic carbocycles. The fourth-order valence-corrected chi connectivity index (χ4v) is 4.25. The van der Waals surface area contributed by atoms with Gasteiger partial charge in [0.2, 0.25) is 0 Å². The molecule has 2 aromatic carbocycles. The van der Waals surface area contributed by atoms with E-state index in [-0.39, 0.29) is 0 Å². The molecule has 0 bridgehead atoms. The predicted octanol–water partition coefficient (Wildman–Crippen LogP) is 9.02. The van der Waals surface area contributed by atoms with Crippen LogP contribution in [-0.4, -0.2) is 25.4 Å². The van der Waals surface area contributed by atoms with Gasteiger partial charge in [0, 0.05) is 10.0 Å². The number of fused-ring (bicyclic) bond motifs is 3. The van der Waals surface area contributed by atoms with E-state index in [1.165, 1.54) is 0 Å². The molecule has 3 aromatic rings. The zero-order chi connectivity index (χ0) is 24.8. The molecule has 2 heterocycles. The summed E-state index contributed by atoms with van der Waals surface area (Å²) in [5.41, 5.74) is 1.42. The summed E-state index contributed by atoms with van der Waals surface area (Å²) < 4.78 is 9.75. The Labute approximate surface area is 230 Å². The normalized spacial score (nSPS) is 15.1. The second kappa shape index (κ2) is 9.76. The molecule has 0 saturated carbocycles. The molecule has 0 N–H and O–H groups in total. The van der Waals surface area contributed by atoms with Crippen LogP contribution >= 0.6 is 99.4 Å². The third kappa shape index (κ3) is 8.30. The van der Waals surface area contributed by atoms with Gasteiger partial charge in [0.1, 0.15) is 11.4 Å². The molecule has 15 heteroatoms. The third-order valence-electron chi connectivity index (χ3n) is 4.19. The monoisotopic (exact) mass is 759 g/mol. The van der Waals surface area contributed by atoms with Crippen LogP contribution in [0.3, 0.4) is 0 Å². The summed E-state index contributed by atoms with van der Waals surface area (Å²) in [6, 6.07) is 8.84. The van der Waals surface area contributed by atoms with Crippen LogP contribution < -0.4 is 9.42 Å². The van der Waals surface area contributed by atoms with Gasteiger partial charge in [-0.25, -0.2) is 0 Å². The van der Waals surface area contributed by atoms with Crippen molar-refractivity contribution in [2.75, 3.05) is 6.61 Å². The Morgan fingerprint density at radius 1 is 0.939 bits per heavy atom. The van der Waals surface area contributed by atoms with Gasteiger partial charge in [-0.05, 0) is 35.3 Å². The van der Waals surface area contributed by atoms with Crippen molar-refractivity contribution >= 4 is 109 Å². The zero-order valence-electron chi connectivity index (χ0n) is 16.5. The van der Waals surface area contributed by atoms with Gasteiger partial charge in [-0.1, -0.05) is 53.3 Å². The molecule has 33 heavy (non-hydrogen) atoms. The van der Waals surface area contributed by atoms with Crippen molar-refractivity contribution in [3.63, 3.8) is 0 Å². The third-order valence-corrected chi connectivity index (χ3v) is 5.22. The second-order valence-electron chi connectivity index (χ2n) is 6.81. The minimum atomic E-state index is -5.42. The number of ether oxygens (including phenoxy) is 1. The van der Waals surface area contributed by atoms with Crippen LogP contribution in [0.2, 0.25) is 20.1 Å². The van der Waals surface area contributed by atoms with Gasteiger partial charge < -0.3 is 4.74 Å². The number of benzene rings is 2. The first-order valence-corrected chi connectivity index (χ1v) is 30.0. The molecule has 0 spiro atoms. The van der Waals surface area contributed by atoms with Crippen molar-refractivity contribution in [3.8, 4) is 17.1 Å². The summed E-state index contributed by atoms with van der Waals surface area (Å²) in [5.74, 6) is 2.41. The van der Waals surface area contributed by atoms with E-state index in [0.717, 1.165) is 23.1 Å². The Balaban J connectivity index is 0.000000383. The number of aromatic nitrogens is 3. The molecule has 0 radical (unpaired) electrons. The Morgan fingerprint density at radius 3 is 2.06 bits per heavy atom. The van der Waals surface area contributed by atoms with Crippen LogP contribution in [0, 0.1) is 0 Å². The SMILES string of the molecule is CCc1nc2n([n+]1-c1c(Cl)cc(Cl)cc1Cl)-c1cc(Cl)ccc1OCC2.[Cl][Sb-]([Cl])([Cl])([Cl])([Cl])[Cl]. The van der Waals surface area contributed by atoms with Gasteiger partial charge >= 0.3 is 67.9 Å². The zero-order valence-corrected chi connectivity index (χ0v) is 26.6. The van der Waals surface area contributed by atoms with Crippen LogP contribution in [0.15, 0.2) is 30.3 Å². The van der Waals surface area contributed by atoms with E-state index < -0.39 is 9.14 Å². The first-order chi connectivity index (χ1) is 14.9. The van der Waals surface area contributed by atoms with Gasteiger partial charge in [-0.3, -0.25) is 0 Å². The fraction of sp³-hybridized carbons (Fsp3) is 0.222. The number of nitrogens with zero attached hydrogens (tertiary/aromatic N) is 3. The molecule has 1 aliphatic heterocycles. The molecule has 0 atom stereocenters. The Kier molecular flexibility index (Phi) is 8.48. The molecule has 182 valence electrons. The average molecular weight is 765 g/mol. The number of hydrogen-bond acceptors (Lipinski definition) is 2. The number of aryl methyl sites for hydroxylation is 1. The van der Waals surface area contributed by atoms with E-state index in [1.54, 1.807) is 18.2 Å². The van der Waals surface area contributed by atoms with Gasteiger partial charge in [0.05, 0.1) is 29.5 Å². The molecular weight excluding hydrogens is 751 g/mol. The molecule has 4 nitrogen and oxygen atoms in total. The first kappa shape index (κ1) is 28.7. The Morgan fingerprint density at radius 2 is 1.52 bits per heavy atom. The topological polar surface area (TPSA) is 30.9 Å².